The summed E-state index contributed by atoms with van der Waals surface area (Å²) in [6.07, 6.45) is 5.64. The van der Waals surface area contributed by atoms with Crippen LogP contribution in [0.15, 0.2) is 12.5 Å². The van der Waals surface area contributed by atoms with Crippen LogP contribution in [-0.4, -0.2) is 60.8 Å². The third-order valence-electron chi connectivity index (χ3n) is 4.18. The highest BCUT2D eigenvalue weighted by Crippen LogP contribution is 2.23. The molecule has 0 amide bonds. The fourth-order valence-corrected chi connectivity index (χ4v) is 3.20. The highest BCUT2D eigenvalue weighted by Gasteiger charge is 2.23. The van der Waals surface area contributed by atoms with Gasteiger partial charge in [-0.1, -0.05) is 11.6 Å². The van der Waals surface area contributed by atoms with E-state index in [1.165, 1.54) is 19.4 Å². The van der Waals surface area contributed by atoms with Gasteiger partial charge in [-0.15, -0.1) is 0 Å². The first-order valence-corrected chi connectivity index (χ1v) is 7.71. The fourth-order valence-electron chi connectivity index (χ4n) is 2.98. The summed E-state index contributed by atoms with van der Waals surface area (Å²) < 4.78 is 5.42. The number of anilines is 1. The molecule has 5 nitrogen and oxygen atoms in total. The van der Waals surface area contributed by atoms with Gasteiger partial charge in [0.1, 0.15) is 11.3 Å². The van der Waals surface area contributed by atoms with E-state index in [0.29, 0.717) is 5.02 Å². The van der Waals surface area contributed by atoms with Crippen LogP contribution in [0.4, 0.5) is 5.82 Å². The van der Waals surface area contributed by atoms with Crippen LogP contribution in [0, 0.1) is 5.92 Å². The smallest absolute Gasteiger partial charge is 0.150 e. The topological polar surface area (TPSA) is 41.5 Å². The molecule has 3 rings (SSSR count). The van der Waals surface area contributed by atoms with Crippen molar-refractivity contribution in [2.45, 2.75) is 12.8 Å². The number of hydrogen-bond acceptors (Lipinski definition) is 5. The normalized spacial score (nSPS) is 22.1. The quantitative estimate of drug-likeness (QED) is 0.849. The Morgan fingerprint density at radius 2 is 1.95 bits per heavy atom. The van der Waals surface area contributed by atoms with E-state index >= 15 is 0 Å². The zero-order chi connectivity index (χ0) is 13.8. The predicted octanol–water partition coefficient (Wildman–Crippen LogP) is 1.68. The van der Waals surface area contributed by atoms with Crippen LogP contribution in [-0.2, 0) is 4.74 Å². The maximum absolute atomic E-state index is 6.16. The molecule has 3 heterocycles. The molecule has 0 atom stereocenters. The Labute approximate surface area is 124 Å². The standard InChI is InChI=1S/C14H21ClN4O/c15-13-9-16-11-17-14(13)19-5-3-18(4-6-19)10-12-1-7-20-8-2-12/h9,11-12H,1-8,10H2. The lowest BCUT2D eigenvalue weighted by molar-refractivity contribution is 0.0517. The van der Waals surface area contributed by atoms with Gasteiger partial charge in [0.05, 0.1) is 6.20 Å². The van der Waals surface area contributed by atoms with Crippen molar-refractivity contribution < 1.29 is 4.74 Å². The minimum atomic E-state index is 0.644. The van der Waals surface area contributed by atoms with E-state index in [-0.39, 0.29) is 0 Å². The second-order valence-corrected chi connectivity index (χ2v) is 5.94. The Kier molecular flexibility index (Phi) is 4.70. The van der Waals surface area contributed by atoms with E-state index in [1.54, 1.807) is 12.5 Å². The predicted molar refractivity (Wildman–Crippen MR) is 79.2 cm³/mol. The molecule has 2 saturated heterocycles. The molecule has 0 bridgehead atoms. The molecule has 2 aliphatic heterocycles. The van der Waals surface area contributed by atoms with Gasteiger partial charge in [0.15, 0.2) is 5.82 Å². The van der Waals surface area contributed by atoms with E-state index in [1.807, 2.05) is 0 Å². The Hall–Kier alpha value is -0.910. The molecular weight excluding hydrogens is 276 g/mol. The van der Waals surface area contributed by atoms with Gasteiger partial charge in [0.25, 0.3) is 0 Å². The Morgan fingerprint density at radius 3 is 2.65 bits per heavy atom. The minimum Gasteiger partial charge on any atom is -0.381 e. The molecule has 0 aromatic carbocycles. The molecule has 6 heteroatoms. The second kappa shape index (κ2) is 6.70. The summed E-state index contributed by atoms with van der Waals surface area (Å²) in [5.74, 6) is 1.67. The van der Waals surface area contributed by atoms with Gasteiger partial charge in [-0.2, -0.15) is 0 Å². The van der Waals surface area contributed by atoms with Crippen LogP contribution < -0.4 is 4.90 Å². The number of ether oxygens (including phenoxy) is 1. The minimum absolute atomic E-state index is 0.644. The van der Waals surface area contributed by atoms with Crippen LogP contribution in [0.3, 0.4) is 0 Å². The van der Waals surface area contributed by atoms with E-state index < -0.39 is 0 Å². The molecule has 0 saturated carbocycles. The molecule has 2 fully saturated rings. The van der Waals surface area contributed by atoms with Crippen molar-refractivity contribution in [2.75, 3.05) is 50.8 Å². The Bertz CT molecular complexity index is 431. The molecule has 0 spiro atoms. The average molecular weight is 297 g/mol. The summed E-state index contributed by atoms with van der Waals surface area (Å²) in [6, 6.07) is 0. The number of nitrogens with zero attached hydrogens (tertiary/aromatic N) is 4. The van der Waals surface area contributed by atoms with Crippen LogP contribution in [0.5, 0.6) is 0 Å². The van der Waals surface area contributed by atoms with Crippen molar-refractivity contribution in [2.24, 2.45) is 5.92 Å². The molecule has 20 heavy (non-hydrogen) atoms. The van der Waals surface area contributed by atoms with E-state index in [4.69, 9.17) is 16.3 Å². The molecule has 0 aliphatic carbocycles. The molecule has 2 aliphatic rings. The first-order valence-electron chi connectivity index (χ1n) is 7.33. The maximum Gasteiger partial charge on any atom is 0.150 e. The lowest BCUT2D eigenvalue weighted by atomic mass is 9.99. The SMILES string of the molecule is Clc1cncnc1N1CCN(CC2CCOCC2)CC1. The summed E-state index contributed by atoms with van der Waals surface area (Å²) in [5, 5.41) is 0.644. The zero-order valence-corrected chi connectivity index (χ0v) is 12.4. The lowest BCUT2D eigenvalue weighted by Crippen LogP contribution is -2.48. The number of aromatic nitrogens is 2. The van der Waals surface area contributed by atoms with Crippen molar-refractivity contribution in [3.05, 3.63) is 17.5 Å². The van der Waals surface area contributed by atoms with Crippen molar-refractivity contribution in [3.63, 3.8) is 0 Å². The third-order valence-corrected chi connectivity index (χ3v) is 4.44. The van der Waals surface area contributed by atoms with E-state index in [2.05, 4.69) is 19.8 Å². The fraction of sp³-hybridized carbons (Fsp3) is 0.714. The largest absolute Gasteiger partial charge is 0.381 e. The Balaban J connectivity index is 1.50. The van der Waals surface area contributed by atoms with Crippen molar-refractivity contribution in [1.29, 1.82) is 0 Å². The molecule has 0 unspecified atom stereocenters. The molecule has 1 aromatic heterocycles. The number of halogens is 1. The number of hydrogen-bond donors (Lipinski definition) is 0. The van der Waals surface area contributed by atoms with E-state index in [9.17, 15) is 0 Å². The highest BCUT2D eigenvalue weighted by atomic mass is 35.5. The zero-order valence-electron chi connectivity index (χ0n) is 11.7. The van der Waals surface area contributed by atoms with Crippen molar-refractivity contribution >= 4 is 17.4 Å². The molecule has 1 aromatic rings. The third kappa shape index (κ3) is 3.40. The Morgan fingerprint density at radius 1 is 1.20 bits per heavy atom. The second-order valence-electron chi connectivity index (χ2n) is 5.54. The van der Waals surface area contributed by atoms with Crippen molar-refractivity contribution in [1.82, 2.24) is 14.9 Å². The molecule has 0 N–H and O–H groups in total. The van der Waals surface area contributed by atoms with Gasteiger partial charge < -0.3 is 9.64 Å². The summed E-state index contributed by atoms with van der Waals surface area (Å²) >= 11 is 6.16. The molecular formula is C14H21ClN4O. The van der Waals surface area contributed by atoms with Gasteiger partial charge in [0.2, 0.25) is 0 Å². The van der Waals surface area contributed by atoms with Gasteiger partial charge in [0, 0.05) is 45.9 Å². The molecule has 0 radical (unpaired) electrons. The first-order chi connectivity index (χ1) is 9.83. The lowest BCUT2D eigenvalue weighted by Gasteiger charge is -2.37. The van der Waals surface area contributed by atoms with Crippen LogP contribution in [0.2, 0.25) is 5.02 Å². The van der Waals surface area contributed by atoms with Crippen molar-refractivity contribution in [3.8, 4) is 0 Å². The van der Waals surface area contributed by atoms with Gasteiger partial charge >= 0.3 is 0 Å². The summed E-state index contributed by atoms with van der Waals surface area (Å²) in [5.41, 5.74) is 0. The van der Waals surface area contributed by atoms with Crippen LogP contribution in [0.1, 0.15) is 12.8 Å². The first kappa shape index (κ1) is 14.0. The van der Waals surface area contributed by atoms with Crippen LogP contribution >= 0.6 is 11.6 Å². The van der Waals surface area contributed by atoms with Gasteiger partial charge in [-0.25, -0.2) is 9.97 Å². The summed E-state index contributed by atoms with van der Waals surface area (Å²) in [6.45, 7) is 7.20. The molecule has 110 valence electrons. The van der Waals surface area contributed by atoms with Gasteiger partial charge in [-0.05, 0) is 18.8 Å². The summed E-state index contributed by atoms with van der Waals surface area (Å²) in [7, 11) is 0. The maximum atomic E-state index is 6.16. The number of piperazine rings is 1. The highest BCUT2D eigenvalue weighted by molar-refractivity contribution is 6.32. The monoisotopic (exact) mass is 296 g/mol. The van der Waals surface area contributed by atoms with Crippen LogP contribution in [0.25, 0.3) is 0 Å². The summed E-state index contributed by atoms with van der Waals surface area (Å²) in [4.78, 5) is 13.0. The average Bonchev–Trinajstić information content (AvgIpc) is 2.50. The number of rotatable bonds is 3. The van der Waals surface area contributed by atoms with Gasteiger partial charge in [-0.3, -0.25) is 4.90 Å². The van der Waals surface area contributed by atoms with E-state index in [0.717, 1.165) is 51.1 Å².